The van der Waals surface area contributed by atoms with Gasteiger partial charge < -0.3 is 9.64 Å². The smallest absolute Gasteiger partial charge is 0.335 e. The molecule has 1 aromatic heterocycles. The molecule has 2 unspecified atom stereocenters. The second-order valence-corrected chi connectivity index (χ2v) is 8.84. The zero-order chi connectivity index (χ0) is 22.9. The summed E-state index contributed by atoms with van der Waals surface area (Å²) in [5.74, 6) is -2.60. The van der Waals surface area contributed by atoms with Gasteiger partial charge in [-0.05, 0) is 26.0 Å². The lowest BCUT2D eigenvalue weighted by Crippen LogP contribution is -2.42. The average molecular weight is 453 g/mol. The van der Waals surface area contributed by atoms with E-state index in [0.717, 1.165) is 0 Å². The minimum atomic E-state index is -4.82. The number of hydrogen-bond donors (Lipinski definition) is 0. The number of ether oxygens (including phenoxy) is 1. The number of halogens is 2. The van der Waals surface area contributed by atoms with Crippen LogP contribution >= 0.6 is 0 Å². The SMILES string of the molecule is Cc1nc(C(C#N)S(=O)(=O)c2ccc(F)cc2F)c([N+](=O)[O-])c(N2CCOC(C)C2)n1. The van der Waals surface area contributed by atoms with Crippen molar-refractivity contribution in [3.05, 3.63) is 51.5 Å². The summed E-state index contributed by atoms with van der Waals surface area (Å²) in [6.45, 7) is 3.90. The number of hydrogen-bond acceptors (Lipinski definition) is 9. The molecular weight excluding hydrogens is 436 g/mol. The Bertz CT molecular complexity index is 1180. The van der Waals surface area contributed by atoms with E-state index in [2.05, 4.69) is 9.97 Å². The summed E-state index contributed by atoms with van der Waals surface area (Å²) in [6, 6.07) is 3.20. The largest absolute Gasteiger partial charge is 0.375 e. The Hall–Kier alpha value is -3.24. The Labute approximate surface area is 176 Å². The summed E-state index contributed by atoms with van der Waals surface area (Å²) in [5, 5.41) is 19.3. The van der Waals surface area contributed by atoms with Crippen LogP contribution in [0, 0.1) is 40.0 Å². The van der Waals surface area contributed by atoms with Crippen LogP contribution in [0.1, 0.15) is 23.7 Å². The summed E-state index contributed by atoms with van der Waals surface area (Å²) in [6.07, 6.45) is -0.268. The number of anilines is 1. The quantitative estimate of drug-likeness (QED) is 0.379. The van der Waals surface area contributed by atoms with Crippen LogP contribution in [-0.2, 0) is 14.6 Å². The van der Waals surface area contributed by atoms with Gasteiger partial charge in [-0.3, -0.25) is 10.1 Å². The second kappa shape index (κ2) is 8.48. The number of nitro groups is 1. The standard InChI is InChI=1S/C18H17F2N5O5S/c1-10-9-24(5-6-30-10)18-17(25(26)27)16(22-11(2)23-18)15(8-21)31(28,29)14-4-3-12(19)7-13(14)20/h3-4,7,10,15H,5-6,9H2,1-2H3. The van der Waals surface area contributed by atoms with Crippen molar-refractivity contribution in [3.63, 3.8) is 0 Å². The molecule has 3 rings (SSSR count). The Morgan fingerprint density at radius 2 is 2.10 bits per heavy atom. The van der Waals surface area contributed by atoms with E-state index in [-0.39, 0.29) is 37.4 Å². The maximum atomic E-state index is 14.2. The number of sulfone groups is 1. The number of aromatic nitrogens is 2. The fourth-order valence-electron chi connectivity index (χ4n) is 3.27. The van der Waals surface area contributed by atoms with Crippen LogP contribution in [0.2, 0.25) is 0 Å². The molecule has 1 saturated heterocycles. The van der Waals surface area contributed by atoms with Crippen LogP contribution in [0.3, 0.4) is 0 Å². The van der Waals surface area contributed by atoms with E-state index in [9.17, 15) is 32.6 Å². The van der Waals surface area contributed by atoms with Crippen molar-refractivity contribution in [2.45, 2.75) is 30.1 Å². The average Bonchev–Trinajstić information content (AvgIpc) is 2.67. The van der Waals surface area contributed by atoms with Gasteiger partial charge in [0.2, 0.25) is 20.9 Å². The highest BCUT2D eigenvalue weighted by atomic mass is 32.2. The first kappa shape index (κ1) is 22.4. The number of nitrogens with zero attached hydrogens (tertiary/aromatic N) is 5. The van der Waals surface area contributed by atoms with Crippen molar-refractivity contribution >= 4 is 21.3 Å². The van der Waals surface area contributed by atoms with Crippen molar-refractivity contribution in [1.82, 2.24) is 9.97 Å². The van der Waals surface area contributed by atoms with E-state index in [1.807, 2.05) is 0 Å². The third-order valence-electron chi connectivity index (χ3n) is 4.60. The van der Waals surface area contributed by atoms with Gasteiger partial charge in [-0.25, -0.2) is 27.2 Å². The Morgan fingerprint density at radius 1 is 1.39 bits per heavy atom. The van der Waals surface area contributed by atoms with Crippen LogP contribution in [0.4, 0.5) is 20.3 Å². The van der Waals surface area contributed by atoms with Gasteiger partial charge in [-0.15, -0.1) is 0 Å². The van der Waals surface area contributed by atoms with E-state index < -0.39 is 47.9 Å². The normalized spacial score (nSPS) is 17.8. The molecule has 10 nitrogen and oxygen atoms in total. The molecule has 0 aliphatic carbocycles. The highest BCUT2D eigenvalue weighted by Crippen LogP contribution is 2.38. The van der Waals surface area contributed by atoms with Crippen LogP contribution in [0.25, 0.3) is 0 Å². The zero-order valence-electron chi connectivity index (χ0n) is 16.4. The van der Waals surface area contributed by atoms with Gasteiger partial charge >= 0.3 is 5.69 Å². The molecule has 1 aliphatic rings. The first-order valence-corrected chi connectivity index (χ1v) is 10.6. The molecule has 1 aliphatic heterocycles. The lowest BCUT2D eigenvalue weighted by molar-refractivity contribution is -0.385. The molecular formula is C18H17F2N5O5S. The van der Waals surface area contributed by atoms with E-state index in [4.69, 9.17) is 4.74 Å². The van der Waals surface area contributed by atoms with Crippen molar-refractivity contribution in [2.75, 3.05) is 24.6 Å². The van der Waals surface area contributed by atoms with Gasteiger partial charge in [0.15, 0.2) is 5.69 Å². The highest BCUT2D eigenvalue weighted by Gasteiger charge is 2.41. The maximum Gasteiger partial charge on any atom is 0.335 e. The van der Waals surface area contributed by atoms with Crippen LogP contribution < -0.4 is 4.90 Å². The molecule has 0 spiro atoms. The summed E-state index contributed by atoms with van der Waals surface area (Å²) in [7, 11) is -4.82. The molecule has 2 heterocycles. The molecule has 31 heavy (non-hydrogen) atoms. The fraction of sp³-hybridized carbons (Fsp3) is 0.389. The Morgan fingerprint density at radius 3 is 2.68 bits per heavy atom. The van der Waals surface area contributed by atoms with Crippen molar-refractivity contribution in [1.29, 1.82) is 5.26 Å². The first-order valence-electron chi connectivity index (χ1n) is 9.04. The topological polar surface area (TPSA) is 139 Å². The third kappa shape index (κ3) is 4.30. The van der Waals surface area contributed by atoms with Gasteiger partial charge in [-0.2, -0.15) is 5.26 Å². The second-order valence-electron chi connectivity index (χ2n) is 6.84. The summed E-state index contributed by atoms with van der Waals surface area (Å²) in [4.78, 5) is 19.6. The summed E-state index contributed by atoms with van der Waals surface area (Å²) >= 11 is 0. The number of aryl methyl sites for hydroxylation is 1. The van der Waals surface area contributed by atoms with E-state index in [1.54, 1.807) is 11.8 Å². The maximum absolute atomic E-state index is 14.2. The van der Waals surface area contributed by atoms with Crippen molar-refractivity contribution in [3.8, 4) is 6.07 Å². The van der Waals surface area contributed by atoms with E-state index >= 15 is 0 Å². The molecule has 164 valence electrons. The van der Waals surface area contributed by atoms with Crippen LogP contribution in [0.15, 0.2) is 23.1 Å². The van der Waals surface area contributed by atoms with E-state index in [0.29, 0.717) is 18.2 Å². The molecule has 0 radical (unpaired) electrons. The van der Waals surface area contributed by atoms with Gasteiger partial charge in [0.05, 0.1) is 23.7 Å². The molecule has 1 aromatic carbocycles. The van der Waals surface area contributed by atoms with Crippen LogP contribution in [0.5, 0.6) is 0 Å². The number of rotatable bonds is 5. The van der Waals surface area contributed by atoms with Crippen LogP contribution in [-0.4, -0.2) is 49.1 Å². The van der Waals surface area contributed by atoms with Gasteiger partial charge in [-0.1, -0.05) is 0 Å². The molecule has 2 aromatic rings. The molecule has 0 N–H and O–H groups in total. The predicted molar refractivity (Wildman–Crippen MR) is 103 cm³/mol. The summed E-state index contributed by atoms with van der Waals surface area (Å²) < 4.78 is 58.9. The Balaban J connectivity index is 2.22. The molecule has 2 atom stereocenters. The van der Waals surface area contributed by atoms with Gasteiger partial charge in [0.25, 0.3) is 0 Å². The summed E-state index contributed by atoms with van der Waals surface area (Å²) in [5.41, 5.74) is -1.45. The monoisotopic (exact) mass is 453 g/mol. The first-order chi connectivity index (χ1) is 14.6. The Kier molecular flexibility index (Phi) is 6.14. The minimum Gasteiger partial charge on any atom is -0.375 e. The van der Waals surface area contributed by atoms with E-state index in [1.165, 1.54) is 13.0 Å². The number of morpholine rings is 1. The molecule has 0 amide bonds. The fourth-order valence-corrected chi connectivity index (χ4v) is 4.71. The molecule has 0 saturated carbocycles. The van der Waals surface area contributed by atoms with Gasteiger partial charge in [0, 0.05) is 19.2 Å². The minimum absolute atomic E-state index is 0.00947. The third-order valence-corrected chi connectivity index (χ3v) is 6.50. The van der Waals surface area contributed by atoms with Crippen molar-refractivity contribution < 1.29 is 26.9 Å². The van der Waals surface area contributed by atoms with Crippen molar-refractivity contribution in [2.24, 2.45) is 0 Å². The highest BCUT2D eigenvalue weighted by molar-refractivity contribution is 7.92. The molecule has 13 heteroatoms. The lowest BCUT2D eigenvalue weighted by atomic mass is 10.2. The number of benzene rings is 1. The lowest BCUT2D eigenvalue weighted by Gasteiger charge is -2.32. The molecule has 0 bridgehead atoms. The van der Waals surface area contributed by atoms with Gasteiger partial charge in [0.1, 0.15) is 22.4 Å². The molecule has 1 fully saturated rings. The zero-order valence-corrected chi connectivity index (χ0v) is 17.3. The number of nitriles is 1. The predicted octanol–water partition coefficient (Wildman–Crippen LogP) is 2.24.